The second kappa shape index (κ2) is 6.96. The molecule has 0 spiro atoms. The third-order valence-electron chi connectivity index (χ3n) is 4.79. The van der Waals surface area contributed by atoms with Crippen LogP contribution < -0.4 is 5.43 Å². The van der Waals surface area contributed by atoms with Crippen LogP contribution in [0.1, 0.15) is 39.9 Å². The van der Waals surface area contributed by atoms with Gasteiger partial charge in [-0.15, -0.1) is 11.3 Å². The standard InChI is InChI=1S/C19H18BrN3O2S/c1-11-10-26-18(21-11)12-4-6-23(7-5-12)19(25)16-9-17(24)14-8-13(20)2-3-15(14)22-16/h2-3,8-10,12H,4-7H2,1H3,(H,22,24). The van der Waals surface area contributed by atoms with Gasteiger partial charge in [-0.3, -0.25) is 9.59 Å². The van der Waals surface area contributed by atoms with Gasteiger partial charge in [0.15, 0.2) is 5.43 Å². The lowest BCUT2D eigenvalue weighted by Crippen LogP contribution is -2.38. The lowest BCUT2D eigenvalue weighted by molar-refractivity contribution is 0.0707. The topological polar surface area (TPSA) is 66.1 Å². The fourth-order valence-corrected chi connectivity index (χ4v) is 4.72. The van der Waals surface area contributed by atoms with Crippen LogP contribution in [0.4, 0.5) is 0 Å². The normalized spacial score (nSPS) is 15.5. The van der Waals surface area contributed by atoms with Crippen LogP contribution in [0.3, 0.4) is 0 Å². The van der Waals surface area contributed by atoms with E-state index in [1.807, 2.05) is 24.0 Å². The molecule has 7 heteroatoms. The quantitative estimate of drug-likeness (QED) is 0.664. The predicted molar refractivity (Wildman–Crippen MR) is 107 cm³/mol. The summed E-state index contributed by atoms with van der Waals surface area (Å²) in [4.78, 5) is 34.7. The SMILES string of the molecule is Cc1csc(C2CCN(C(=O)c3cc(=O)c4cc(Br)ccc4[nH]3)CC2)n1. The lowest BCUT2D eigenvalue weighted by Gasteiger charge is -2.31. The highest BCUT2D eigenvalue weighted by Gasteiger charge is 2.26. The number of amides is 1. The molecule has 3 heterocycles. The Kier molecular flexibility index (Phi) is 4.67. The first-order chi connectivity index (χ1) is 12.5. The van der Waals surface area contributed by atoms with E-state index in [1.165, 1.54) is 11.1 Å². The van der Waals surface area contributed by atoms with Crippen molar-refractivity contribution in [2.45, 2.75) is 25.7 Å². The Labute approximate surface area is 163 Å². The molecule has 1 saturated heterocycles. The van der Waals surface area contributed by atoms with Crippen molar-refractivity contribution in [3.05, 3.63) is 60.7 Å². The van der Waals surface area contributed by atoms with Crippen molar-refractivity contribution in [3.8, 4) is 0 Å². The van der Waals surface area contributed by atoms with Gasteiger partial charge in [0.05, 0.1) is 5.01 Å². The molecule has 1 fully saturated rings. The number of pyridine rings is 1. The second-order valence-corrected chi connectivity index (χ2v) is 8.44. The smallest absolute Gasteiger partial charge is 0.270 e. The summed E-state index contributed by atoms with van der Waals surface area (Å²) in [5.41, 5.74) is 1.95. The number of aromatic nitrogens is 2. The molecule has 1 aliphatic rings. The molecular formula is C19H18BrN3O2S. The Morgan fingerprint density at radius 3 is 2.77 bits per heavy atom. The molecular weight excluding hydrogens is 414 g/mol. The number of nitrogens with one attached hydrogen (secondary N) is 1. The number of H-pyrrole nitrogens is 1. The Bertz CT molecular complexity index is 1030. The fourth-order valence-electron chi connectivity index (χ4n) is 3.39. The molecule has 2 aromatic heterocycles. The average molecular weight is 432 g/mol. The molecule has 1 aromatic carbocycles. The van der Waals surface area contributed by atoms with Crippen LogP contribution in [0.15, 0.2) is 38.9 Å². The van der Waals surface area contributed by atoms with Crippen molar-refractivity contribution in [3.63, 3.8) is 0 Å². The maximum Gasteiger partial charge on any atom is 0.270 e. The van der Waals surface area contributed by atoms with Gasteiger partial charge in [0.2, 0.25) is 0 Å². The zero-order valence-electron chi connectivity index (χ0n) is 14.3. The van der Waals surface area contributed by atoms with Gasteiger partial charge >= 0.3 is 0 Å². The van der Waals surface area contributed by atoms with Gasteiger partial charge in [-0.1, -0.05) is 15.9 Å². The summed E-state index contributed by atoms with van der Waals surface area (Å²) in [6, 6.07) is 6.85. The summed E-state index contributed by atoms with van der Waals surface area (Å²) >= 11 is 5.07. The van der Waals surface area contributed by atoms with Gasteiger partial charge in [0, 0.05) is 51.5 Å². The summed E-state index contributed by atoms with van der Waals surface area (Å²) in [7, 11) is 0. The molecule has 0 saturated carbocycles. The van der Waals surface area contributed by atoms with Crippen molar-refractivity contribution < 1.29 is 4.79 Å². The van der Waals surface area contributed by atoms with Crippen molar-refractivity contribution in [1.29, 1.82) is 0 Å². The summed E-state index contributed by atoms with van der Waals surface area (Å²) in [5, 5.41) is 3.82. The summed E-state index contributed by atoms with van der Waals surface area (Å²) in [5.74, 6) is 0.312. The van der Waals surface area contributed by atoms with E-state index >= 15 is 0 Å². The Hall–Kier alpha value is -1.99. The van der Waals surface area contributed by atoms with Crippen molar-refractivity contribution in [2.75, 3.05) is 13.1 Å². The number of thiazole rings is 1. The number of rotatable bonds is 2. The molecule has 0 bridgehead atoms. The maximum atomic E-state index is 12.8. The number of aromatic amines is 1. The average Bonchev–Trinajstić information content (AvgIpc) is 3.08. The number of carbonyl (C=O) groups is 1. The van der Waals surface area contributed by atoms with Gasteiger partial charge < -0.3 is 9.88 Å². The van der Waals surface area contributed by atoms with E-state index in [2.05, 4.69) is 31.3 Å². The van der Waals surface area contributed by atoms with Crippen LogP contribution in [-0.2, 0) is 0 Å². The third-order valence-corrected chi connectivity index (χ3v) is 6.41. The monoisotopic (exact) mass is 431 g/mol. The highest BCUT2D eigenvalue weighted by Crippen LogP contribution is 2.30. The minimum atomic E-state index is -0.142. The minimum Gasteiger partial charge on any atom is -0.350 e. The molecule has 1 aliphatic heterocycles. The largest absolute Gasteiger partial charge is 0.350 e. The molecule has 134 valence electrons. The molecule has 1 amide bonds. The second-order valence-electron chi connectivity index (χ2n) is 6.63. The van der Waals surface area contributed by atoms with E-state index in [9.17, 15) is 9.59 Å². The number of fused-ring (bicyclic) bond motifs is 1. The van der Waals surface area contributed by atoms with Crippen LogP contribution in [0, 0.1) is 6.92 Å². The zero-order valence-corrected chi connectivity index (χ0v) is 16.7. The van der Waals surface area contributed by atoms with E-state index in [0.717, 1.165) is 23.0 Å². The summed E-state index contributed by atoms with van der Waals surface area (Å²) in [6.07, 6.45) is 1.81. The van der Waals surface area contributed by atoms with Gasteiger partial charge in [-0.25, -0.2) is 4.98 Å². The van der Waals surface area contributed by atoms with Crippen LogP contribution >= 0.6 is 27.3 Å². The molecule has 4 rings (SSSR count). The number of hydrogen-bond acceptors (Lipinski definition) is 4. The number of benzene rings is 1. The molecule has 26 heavy (non-hydrogen) atoms. The van der Waals surface area contributed by atoms with E-state index in [4.69, 9.17) is 0 Å². The van der Waals surface area contributed by atoms with Gasteiger partial charge in [-0.2, -0.15) is 0 Å². The lowest BCUT2D eigenvalue weighted by atomic mass is 9.97. The summed E-state index contributed by atoms with van der Waals surface area (Å²) in [6.45, 7) is 3.37. The van der Waals surface area contributed by atoms with Gasteiger partial charge in [0.25, 0.3) is 5.91 Å². The first-order valence-electron chi connectivity index (χ1n) is 8.55. The van der Waals surface area contributed by atoms with Crippen molar-refractivity contribution >= 4 is 44.1 Å². The Morgan fingerprint density at radius 2 is 2.08 bits per heavy atom. The number of likely N-dealkylation sites (tertiary alicyclic amines) is 1. The summed E-state index contributed by atoms with van der Waals surface area (Å²) < 4.78 is 0.842. The molecule has 5 nitrogen and oxygen atoms in total. The molecule has 3 aromatic rings. The Morgan fingerprint density at radius 1 is 1.31 bits per heavy atom. The molecule has 0 unspecified atom stereocenters. The first-order valence-corrected chi connectivity index (χ1v) is 10.2. The van der Waals surface area contributed by atoms with Crippen molar-refractivity contribution in [1.82, 2.24) is 14.9 Å². The number of carbonyl (C=O) groups excluding carboxylic acids is 1. The Balaban J connectivity index is 1.52. The highest BCUT2D eigenvalue weighted by molar-refractivity contribution is 9.10. The molecule has 0 atom stereocenters. The van der Waals surface area contributed by atoms with Crippen LogP contribution in [-0.4, -0.2) is 33.9 Å². The van der Waals surface area contributed by atoms with E-state index in [1.54, 1.807) is 17.4 Å². The van der Waals surface area contributed by atoms with E-state index in [-0.39, 0.29) is 11.3 Å². The number of piperidine rings is 1. The van der Waals surface area contributed by atoms with E-state index in [0.29, 0.717) is 35.6 Å². The molecule has 1 N–H and O–H groups in total. The number of aryl methyl sites for hydroxylation is 1. The van der Waals surface area contributed by atoms with E-state index < -0.39 is 0 Å². The number of nitrogens with zero attached hydrogens (tertiary/aromatic N) is 2. The zero-order chi connectivity index (χ0) is 18.3. The van der Waals surface area contributed by atoms with Crippen LogP contribution in [0.5, 0.6) is 0 Å². The number of halogens is 1. The van der Waals surface area contributed by atoms with Crippen LogP contribution in [0.25, 0.3) is 10.9 Å². The molecule has 0 radical (unpaired) electrons. The maximum absolute atomic E-state index is 12.8. The molecule has 0 aliphatic carbocycles. The third kappa shape index (κ3) is 3.33. The fraction of sp³-hybridized carbons (Fsp3) is 0.316. The predicted octanol–water partition coefficient (Wildman–Crippen LogP) is 4.08. The van der Waals surface area contributed by atoms with Gasteiger partial charge in [-0.05, 0) is 38.0 Å². The highest BCUT2D eigenvalue weighted by atomic mass is 79.9. The first kappa shape index (κ1) is 17.4. The number of hydrogen-bond donors (Lipinski definition) is 1. The minimum absolute atomic E-state index is 0.110. The van der Waals surface area contributed by atoms with Crippen molar-refractivity contribution in [2.24, 2.45) is 0 Å². The van der Waals surface area contributed by atoms with Crippen LogP contribution in [0.2, 0.25) is 0 Å². The van der Waals surface area contributed by atoms with Gasteiger partial charge in [0.1, 0.15) is 5.69 Å².